The van der Waals surface area contributed by atoms with Gasteiger partial charge in [-0.15, -0.1) is 0 Å². The minimum Gasteiger partial charge on any atom is -0.464 e. The van der Waals surface area contributed by atoms with E-state index in [0.717, 1.165) is 24.1 Å². The number of ether oxygens (including phenoxy) is 1. The van der Waals surface area contributed by atoms with Crippen molar-refractivity contribution in [2.75, 3.05) is 12.4 Å². The largest absolute Gasteiger partial charge is 0.464 e. The van der Waals surface area contributed by atoms with Crippen molar-refractivity contribution in [3.8, 4) is 0 Å². The molecule has 1 fully saturated rings. The predicted molar refractivity (Wildman–Crippen MR) is 86.7 cm³/mol. The third-order valence-electron chi connectivity index (χ3n) is 3.73. The lowest BCUT2D eigenvalue weighted by Crippen LogP contribution is -2.13. The number of pyridine rings is 1. The zero-order chi connectivity index (χ0) is 16.4. The molecule has 0 aliphatic heterocycles. The fourth-order valence-corrected chi connectivity index (χ4v) is 2.44. The molecule has 2 aromatic rings. The molecule has 0 unspecified atom stereocenters. The van der Waals surface area contributed by atoms with Crippen molar-refractivity contribution in [3.05, 3.63) is 46.1 Å². The van der Waals surface area contributed by atoms with Gasteiger partial charge < -0.3 is 10.1 Å². The number of carbonyl (C=O) groups excluding carboxylic acids is 1. The third-order valence-corrected chi connectivity index (χ3v) is 4.09. The minimum atomic E-state index is -0.559. The lowest BCUT2D eigenvalue weighted by molar-refractivity contribution is 0.0593. The van der Waals surface area contributed by atoms with E-state index >= 15 is 0 Å². The maximum Gasteiger partial charge on any atom is 0.358 e. The molecule has 3 rings (SSSR count). The Labute approximate surface area is 139 Å². The summed E-state index contributed by atoms with van der Waals surface area (Å²) < 4.78 is 4.76. The second-order valence-corrected chi connectivity index (χ2v) is 5.86. The number of rotatable bonds is 5. The Balaban J connectivity index is 1.89. The number of nitrogens with zero attached hydrogens (tertiary/aromatic N) is 3. The standard InChI is InChI=1S/C16H17ClN4O2/c1-9-4-3-7-18-11(9)8-19-15-12(17)13(16(22)23-2)20-14(21-15)10-5-6-10/h3-4,7,10H,5-6,8H2,1-2H3,(H,19,20,21). The first-order chi connectivity index (χ1) is 11.1. The van der Waals surface area contributed by atoms with Crippen molar-refractivity contribution in [3.63, 3.8) is 0 Å². The van der Waals surface area contributed by atoms with Crippen molar-refractivity contribution in [2.24, 2.45) is 0 Å². The maximum atomic E-state index is 11.9. The summed E-state index contributed by atoms with van der Waals surface area (Å²) in [6, 6.07) is 3.87. The summed E-state index contributed by atoms with van der Waals surface area (Å²) in [7, 11) is 1.31. The van der Waals surface area contributed by atoms with Crippen LogP contribution in [0.15, 0.2) is 18.3 Å². The van der Waals surface area contributed by atoms with Gasteiger partial charge in [-0.25, -0.2) is 14.8 Å². The van der Waals surface area contributed by atoms with Gasteiger partial charge in [0.15, 0.2) is 5.69 Å². The summed E-state index contributed by atoms with van der Waals surface area (Å²) in [5.41, 5.74) is 2.07. The number of aryl methyl sites for hydroxylation is 1. The van der Waals surface area contributed by atoms with Crippen LogP contribution in [0.2, 0.25) is 5.02 Å². The molecule has 0 atom stereocenters. The zero-order valence-electron chi connectivity index (χ0n) is 13.0. The zero-order valence-corrected chi connectivity index (χ0v) is 13.7. The lowest BCUT2D eigenvalue weighted by atomic mass is 10.2. The molecule has 0 bridgehead atoms. The summed E-state index contributed by atoms with van der Waals surface area (Å²) in [6.07, 6.45) is 3.79. The molecule has 1 aliphatic carbocycles. The quantitative estimate of drug-likeness (QED) is 0.848. The topological polar surface area (TPSA) is 77.0 Å². The number of esters is 1. The van der Waals surface area contributed by atoms with E-state index in [4.69, 9.17) is 16.3 Å². The van der Waals surface area contributed by atoms with Gasteiger partial charge in [-0.2, -0.15) is 0 Å². The van der Waals surface area contributed by atoms with Crippen LogP contribution in [0.25, 0.3) is 0 Å². The molecule has 120 valence electrons. The van der Waals surface area contributed by atoms with Crippen molar-refractivity contribution in [1.82, 2.24) is 15.0 Å². The van der Waals surface area contributed by atoms with E-state index in [0.29, 0.717) is 24.1 Å². The van der Waals surface area contributed by atoms with E-state index in [9.17, 15) is 4.79 Å². The molecule has 1 aliphatic rings. The van der Waals surface area contributed by atoms with Gasteiger partial charge in [0.05, 0.1) is 19.3 Å². The minimum absolute atomic E-state index is 0.103. The molecule has 7 heteroatoms. The van der Waals surface area contributed by atoms with E-state index in [2.05, 4.69) is 20.3 Å². The average molecular weight is 333 g/mol. The number of hydrogen-bond acceptors (Lipinski definition) is 6. The molecular weight excluding hydrogens is 316 g/mol. The summed E-state index contributed by atoms with van der Waals surface area (Å²) in [5, 5.41) is 3.33. The first-order valence-corrected chi connectivity index (χ1v) is 7.78. The highest BCUT2D eigenvalue weighted by Crippen LogP contribution is 2.39. The normalized spacial score (nSPS) is 13.7. The molecule has 0 aromatic carbocycles. The molecule has 2 aromatic heterocycles. The summed E-state index contributed by atoms with van der Waals surface area (Å²) >= 11 is 6.28. The second-order valence-electron chi connectivity index (χ2n) is 5.48. The fourth-order valence-electron chi connectivity index (χ4n) is 2.21. The summed E-state index contributed by atoms with van der Waals surface area (Å²) in [5.74, 6) is 0.813. The van der Waals surface area contributed by atoms with Crippen molar-refractivity contribution >= 4 is 23.4 Å². The van der Waals surface area contributed by atoms with Gasteiger partial charge in [-0.05, 0) is 31.4 Å². The van der Waals surface area contributed by atoms with E-state index in [-0.39, 0.29) is 10.7 Å². The highest BCUT2D eigenvalue weighted by atomic mass is 35.5. The van der Waals surface area contributed by atoms with Gasteiger partial charge in [-0.3, -0.25) is 4.98 Å². The fraction of sp³-hybridized carbons (Fsp3) is 0.375. The number of aromatic nitrogens is 3. The Morgan fingerprint density at radius 3 is 2.87 bits per heavy atom. The van der Waals surface area contributed by atoms with Crippen LogP contribution in [-0.2, 0) is 11.3 Å². The molecule has 0 radical (unpaired) electrons. The van der Waals surface area contributed by atoms with Crippen LogP contribution in [0.3, 0.4) is 0 Å². The Kier molecular flexibility index (Phi) is 4.43. The monoisotopic (exact) mass is 332 g/mol. The average Bonchev–Trinajstić information content (AvgIpc) is 3.39. The predicted octanol–water partition coefficient (Wildman–Crippen LogP) is 3.11. The van der Waals surface area contributed by atoms with E-state index in [1.807, 2.05) is 19.1 Å². The molecule has 1 saturated carbocycles. The molecule has 2 heterocycles. The first-order valence-electron chi connectivity index (χ1n) is 7.40. The number of carbonyl (C=O) groups is 1. The van der Waals surface area contributed by atoms with Crippen LogP contribution in [0.5, 0.6) is 0 Å². The Bertz CT molecular complexity index is 747. The molecule has 1 N–H and O–H groups in total. The van der Waals surface area contributed by atoms with E-state index in [1.54, 1.807) is 6.20 Å². The van der Waals surface area contributed by atoms with Crippen LogP contribution >= 0.6 is 11.6 Å². The maximum absolute atomic E-state index is 11.9. The van der Waals surface area contributed by atoms with Crippen molar-refractivity contribution in [1.29, 1.82) is 0 Å². The first kappa shape index (κ1) is 15.7. The van der Waals surface area contributed by atoms with Crippen LogP contribution < -0.4 is 5.32 Å². The Morgan fingerprint density at radius 2 is 2.22 bits per heavy atom. The number of anilines is 1. The van der Waals surface area contributed by atoms with Gasteiger partial charge in [0.1, 0.15) is 16.7 Å². The molecule has 0 spiro atoms. The molecule has 6 nitrogen and oxygen atoms in total. The third kappa shape index (κ3) is 3.42. The molecule has 23 heavy (non-hydrogen) atoms. The molecule has 0 amide bonds. The SMILES string of the molecule is COC(=O)c1nc(C2CC2)nc(NCc2ncccc2C)c1Cl. The smallest absolute Gasteiger partial charge is 0.358 e. The van der Waals surface area contributed by atoms with Gasteiger partial charge in [0, 0.05) is 12.1 Å². The van der Waals surface area contributed by atoms with E-state index < -0.39 is 5.97 Å². The van der Waals surface area contributed by atoms with Crippen LogP contribution in [0, 0.1) is 6.92 Å². The number of methoxy groups -OCH3 is 1. The van der Waals surface area contributed by atoms with Crippen LogP contribution in [0.4, 0.5) is 5.82 Å². The van der Waals surface area contributed by atoms with Gasteiger partial charge >= 0.3 is 5.97 Å². The number of hydrogen-bond donors (Lipinski definition) is 1. The van der Waals surface area contributed by atoms with Gasteiger partial charge in [-0.1, -0.05) is 17.7 Å². The highest BCUT2D eigenvalue weighted by Gasteiger charge is 2.30. The van der Waals surface area contributed by atoms with Gasteiger partial charge in [0.2, 0.25) is 0 Å². The van der Waals surface area contributed by atoms with Crippen molar-refractivity contribution < 1.29 is 9.53 Å². The molecule has 0 saturated heterocycles. The van der Waals surface area contributed by atoms with Gasteiger partial charge in [0.25, 0.3) is 0 Å². The van der Waals surface area contributed by atoms with Crippen LogP contribution in [0.1, 0.15) is 46.3 Å². The highest BCUT2D eigenvalue weighted by molar-refractivity contribution is 6.35. The summed E-state index contributed by atoms with van der Waals surface area (Å²) in [6.45, 7) is 2.45. The molecular formula is C16H17ClN4O2. The lowest BCUT2D eigenvalue weighted by Gasteiger charge is -2.12. The Morgan fingerprint density at radius 1 is 1.43 bits per heavy atom. The van der Waals surface area contributed by atoms with Crippen molar-refractivity contribution in [2.45, 2.75) is 32.2 Å². The van der Waals surface area contributed by atoms with Crippen LogP contribution in [-0.4, -0.2) is 28.0 Å². The van der Waals surface area contributed by atoms with E-state index in [1.165, 1.54) is 7.11 Å². The number of nitrogens with one attached hydrogen (secondary N) is 1. The number of halogens is 1. The summed E-state index contributed by atoms with van der Waals surface area (Å²) in [4.78, 5) is 24.9. The second kappa shape index (κ2) is 6.50. The Hall–Kier alpha value is -2.21.